The van der Waals surface area contributed by atoms with Crippen LogP contribution in [0, 0.1) is 12.8 Å². The number of amides is 1. The van der Waals surface area contributed by atoms with Gasteiger partial charge in [0.2, 0.25) is 0 Å². The third-order valence-corrected chi connectivity index (χ3v) is 5.51. The summed E-state index contributed by atoms with van der Waals surface area (Å²) in [6.45, 7) is 7.54. The Bertz CT molecular complexity index is 932. The second kappa shape index (κ2) is 9.02. The van der Waals surface area contributed by atoms with E-state index in [2.05, 4.69) is 4.98 Å². The zero-order chi connectivity index (χ0) is 21.9. The smallest absolute Gasteiger partial charge is 0.326 e. The summed E-state index contributed by atoms with van der Waals surface area (Å²) in [5.41, 5.74) is 1.58. The minimum Gasteiger partial charge on any atom is -0.459 e. The number of ether oxygens (including phenoxy) is 1. The number of carbonyl (C=O) groups is 3. The van der Waals surface area contributed by atoms with Crippen LogP contribution in [0.25, 0.3) is 10.9 Å². The van der Waals surface area contributed by atoms with Crippen molar-refractivity contribution >= 4 is 28.6 Å². The van der Waals surface area contributed by atoms with Crippen LogP contribution in [0.5, 0.6) is 0 Å². The summed E-state index contributed by atoms with van der Waals surface area (Å²) in [6.07, 6.45) is 7.04. The molecule has 1 amide bonds. The standard InChI is InChI=1S/C24H32N2O4/c1-16-10-11-18-19(13-25-20(18)12-16)22(28)23(29)26(14-17-8-6-5-7-9-17)15-21(27)30-24(2,3)4/h10-13,17,25H,5-9,14-15H2,1-4H3. The minimum atomic E-state index is -0.645. The van der Waals surface area contributed by atoms with Crippen LogP contribution in [0.2, 0.25) is 0 Å². The predicted molar refractivity (Wildman–Crippen MR) is 116 cm³/mol. The molecular weight excluding hydrogens is 380 g/mol. The van der Waals surface area contributed by atoms with Gasteiger partial charge in [0.05, 0.1) is 5.56 Å². The second-order valence-corrected chi connectivity index (χ2v) is 9.36. The lowest BCUT2D eigenvalue weighted by Crippen LogP contribution is -2.44. The average molecular weight is 413 g/mol. The summed E-state index contributed by atoms with van der Waals surface area (Å²) in [7, 11) is 0. The summed E-state index contributed by atoms with van der Waals surface area (Å²) in [5, 5.41) is 0.717. The van der Waals surface area contributed by atoms with Crippen molar-refractivity contribution in [3.63, 3.8) is 0 Å². The van der Waals surface area contributed by atoms with Crippen molar-refractivity contribution in [3.05, 3.63) is 35.5 Å². The zero-order valence-electron chi connectivity index (χ0n) is 18.4. The number of hydrogen-bond donors (Lipinski definition) is 1. The number of ketones is 1. The first-order chi connectivity index (χ1) is 14.1. The second-order valence-electron chi connectivity index (χ2n) is 9.36. The SMILES string of the molecule is Cc1ccc2c(C(=O)C(=O)N(CC(=O)OC(C)(C)C)CC3CCCCC3)c[nH]c2c1. The zero-order valence-corrected chi connectivity index (χ0v) is 18.4. The number of nitrogens with one attached hydrogen (secondary N) is 1. The average Bonchev–Trinajstić information content (AvgIpc) is 3.08. The van der Waals surface area contributed by atoms with E-state index in [1.54, 1.807) is 27.0 Å². The molecule has 1 aromatic heterocycles. The fourth-order valence-corrected chi connectivity index (χ4v) is 4.12. The maximum Gasteiger partial charge on any atom is 0.326 e. The normalized spacial score (nSPS) is 15.2. The third kappa shape index (κ3) is 5.49. The van der Waals surface area contributed by atoms with Gasteiger partial charge in [-0.3, -0.25) is 14.4 Å². The number of carbonyl (C=O) groups excluding carboxylic acids is 3. The number of aromatic nitrogens is 1. The van der Waals surface area contributed by atoms with Crippen molar-refractivity contribution in [1.29, 1.82) is 0 Å². The van der Waals surface area contributed by atoms with Crippen LogP contribution in [-0.4, -0.2) is 46.2 Å². The molecule has 0 bridgehead atoms. The molecule has 1 N–H and O–H groups in total. The Balaban J connectivity index is 1.81. The van der Waals surface area contributed by atoms with Crippen molar-refractivity contribution in [1.82, 2.24) is 9.88 Å². The number of hydrogen-bond acceptors (Lipinski definition) is 4. The highest BCUT2D eigenvalue weighted by atomic mass is 16.6. The van der Waals surface area contributed by atoms with E-state index in [0.717, 1.165) is 36.8 Å². The summed E-state index contributed by atoms with van der Waals surface area (Å²) in [4.78, 5) is 43.2. The summed E-state index contributed by atoms with van der Waals surface area (Å²) < 4.78 is 5.41. The third-order valence-electron chi connectivity index (χ3n) is 5.51. The number of esters is 1. The molecule has 6 heteroatoms. The van der Waals surface area contributed by atoms with Gasteiger partial charge in [0.15, 0.2) is 0 Å². The Morgan fingerprint density at radius 1 is 1.13 bits per heavy atom. The van der Waals surface area contributed by atoms with Crippen molar-refractivity contribution in [2.45, 2.75) is 65.4 Å². The Kier molecular flexibility index (Phi) is 6.64. The van der Waals surface area contributed by atoms with E-state index in [0.29, 0.717) is 23.4 Å². The van der Waals surface area contributed by atoms with Crippen LogP contribution in [0.3, 0.4) is 0 Å². The number of Topliss-reactive ketones (excluding diaryl/α,β-unsaturated/α-hetero) is 1. The van der Waals surface area contributed by atoms with Gasteiger partial charge in [0, 0.05) is 23.6 Å². The van der Waals surface area contributed by atoms with E-state index in [9.17, 15) is 14.4 Å². The van der Waals surface area contributed by atoms with Crippen molar-refractivity contribution in [2.75, 3.05) is 13.1 Å². The fourth-order valence-electron chi connectivity index (χ4n) is 4.12. The fraction of sp³-hybridized carbons (Fsp3) is 0.542. The van der Waals surface area contributed by atoms with E-state index in [-0.39, 0.29) is 6.54 Å². The van der Waals surface area contributed by atoms with E-state index < -0.39 is 23.3 Å². The van der Waals surface area contributed by atoms with E-state index in [4.69, 9.17) is 4.74 Å². The topological polar surface area (TPSA) is 79.5 Å². The molecule has 0 aliphatic heterocycles. The Labute approximate surface area is 178 Å². The molecule has 1 saturated carbocycles. The van der Waals surface area contributed by atoms with Gasteiger partial charge in [-0.2, -0.15) is 0 Å². The number of nitrogens with zero attached hydrogens (tertiary/aromatic N) is 1. The first kappa shape index (κ1) is 22.1. The number of H-pyrrole nitrogens is 1. The Morgan fingerprint density at radius 3 is 2.50 bits per heavy atom. The quantitative estimate of drug-likeness (QED) is 0.433. The van der Waals surface area contributed by atoms with Gasteiger partial charge in [-0.15, -0.1) is 0 Å². The lowest BCUT2D eigenvalue weighted by atomic mass is 9.89. The van der Waals surface area contributed by atoms with Crippen molar-refractivity contribution < 1.29 is 19.1 Å². The molecule has 1 fully saturated rings. The van der Waals surface area contributed by atoms with Gasteiger partial charge in [-0.1, -0.05) is 31.4 Å². The molecular formula is C24H32N2O4. The number of fused-ring (bicyclic) bond motifs is 1. The van der Waals surface area contributed by atoms with E-state index in [1.807, 2.05) is 25.1 Å². The van der Waals surface area contributed by atoms with Crippen molar-refractivity contribution in [3.8, 4) is 0 Å². The highest BCUT2D eigenvalue weighted by Gasteiger charge is 2.30. The van der Waals surface area contributed by atoms with E-state index >= 15 is 0 Å². The molecule has 2 aromatic rings. The van der Waals surface area contributed by atoms with Gasteiger partial charge in [-0.25, -0.2) is 0 Å². The Hall–Kier alpha value is -2.63. The van der Waals surface area contributed by atoms with Gasteiger partial charge in [0.25, 0.3) is 11.7 Å². The van der Waals surface area contributed by atoms with Crippen LogP contribution in [0.4, 0.5) is 0 Å². The molecule has 1 aliphatic carbocycles. The van der Waals surface area contributed by atoms with Crippen molar-refractivity contribution in [2.24, 2.45) is 5.92 Å². The molecule has 0 spiro atoms. The molecule has 0 atom stereocenters. The Morgan fingerprint density at radius 2 is 1.83 bits per heavy atom. The molecule has 1 aliphatic rings. The lowest BCUT2D eigenvalue weighted by molar-refractivity contribution is -0.158. The molecule has 1 heterocycles. The highest BCUT2D eigenvalue weighted by Crippen LogP contribution is 2.26. The molecule has 0 saturated heterocycles. The van der Waals surface area contributed by atoms with Crippen LogP contribution in [0.1, 0.15) is 68.8 Å². The largest absolute Gasteiger partial charge is 0.459 e. The molecule has 30 heavy (non-hydrogen) atoms. The van der Waals surface area contributed by atoms with E-state index in [1.165, 1.54) is 11.3 Å². The van der Waals surface area contributed by atoms with Gasteiger partial charge in [-0.05, 0) is 58.1 Å². The van der Waals surface area contributed by atoms with Gasteiger partial charge in [0.1, 0.15) is 12.1 Å². The van der Waals surface area contributed by atoms with Gasteiger partial charge < -0.3 is 14.6 Å². The minimum absolute atomic E-state index is 0.209. The number of aryl methyl sites for hydroxylation is 1. The molecule has 0 radical (unpaired) electrons. The van der Waals surface area contributed by atoms with Crippen LogP contribution in [-0.2, 0) is 14.3 Å². The molecule has 162 valence electrons. The van der Waals surface area contributed by atoms with Crippen LogP contribution >= 0.6 is 0 Å². The van der Waals surface area contributed by atoms with Crippen LogP contribution < -0.4 is 0 Å². The molecule has 1 aromatic carbocycles. The maximum absolute atomic E-state index is 13.2. The molecule has 0 unspecified atom stereocenters. The van der Waals surface area contributed by atoms with Crippen LogP contribution in [0.15, 0.2) is 24.4 Å². The van der Waals surface area contributed by atoms with Gasteiger partial charge >= 0.3 is 5.97 Å². The molecule has 6 nitrogen and oxygen atoms in total. The number of benzene rings is 1. The first-order valence-corrected chi connectivity index (χ1v) is 10.8. The lowest BCUT2D eigenvalue weighted by Gasteiger charge is -2.30. The predicted octanol–water partition coefficient (Wildman–Crippen LogP) is 4.41. The monoisotopic (exact) mass is 412 g/mol. The summed E-state index contributed by atoms with van der Waals surface area (Å²) in [5.74, 6) is -1.42. The number of aromatic amines is 1. The summed E-state index contributed by atoms with van der Waals surface area (Å²) in [6, 6.07) is 5.70. The number of rotatable bonds is 6. The first-order valence-electron chi connectivity index (χ1n) is 10.8. The summed E-state index contributed by atoms with van der Waals surface area (Å²) >= 11 is 0. The highest BCUT2D eigenvalue weighted by molar-refractivity contribution is 6.45. The molecule has 3 rings (SSSR count). The maximum atomic E-state index is 13.2.